The lowest BCUT2D eigenvalue weighted by Crippen LogP contribution is -2.16. The van der Waals surface area contributed by atoms with Crippen LogP contribution >= 0.6 is 45.9 Å². The summed E-state index contributed by atoms with van der Waals surface area (Å²) in [6, 6.07) is 22.4. The van der Waals surface area contributed by atoms with E-state index in [4.69, 9.17) is 23.2 Å². The average Bonchev–Trinajstić information content (AvgIpc) is 3.42. The van der Waals surface area contributed by atoms with Gasteiger partial charge >= 0.3 is 0 Å². The van der Waals surface area contributed by atoms with Gasteiger partial charge in [0.2, 0.25) is 0 Å². The van der Waals surface area contributed by atoms with Gasteiger partial charge in [-0.2, -0.15) is 10.2 Å². The molecule has 3 aromatic carbocycles. The smallest absolute Gasteiger partial charge is 0.266 e. The van der Waals surface area contributed by atoms with Gasteiger partial charge in [0.25, 0.3) is 11.8 Å². The third-order valence-electron chi connectivity index (χ3n) is 5.18. The van der Waals surface area contributed by atoms with Crippen LogP contribution in [-0.4, -0.2) is 24.2 Å². The van der Waals surface area contributed by atoms with Crippen molar-refractivity contribution in [2.45, 2.75) is 0 Å². The number of halogens is 2. The van der Waals surface area contributed by atoms with Gasteiger partial charge in [-0.1, -0.05) is 83.9 Å². The minimum absolute atomic E-state index is 0.365. The molecule has 2 amide bonds. The van der Waals surface area contributed by atoms with Crippen LogP contribution < -0.4 is 10.9 Å². The fourth-order valence-electron chi connectivity index (χ4n) is 3.42. The molecule has 178 valence electrons. The van der Waals surface area contributed by atoms with Crippen molar-refractivity contribution in [3.63, 3.8) is 0 Å². The van der Waals surface area contributed by atoms with Crippen LogP contribution in [0.4, 0.5) is 0 Å². The SMILES string of the molecule is O=C(N/N=C/c1ccc(/C=N/NC(=O)c2sc3ccccc3c2Cl)cc1)c1sc2ccccc2c1Cl. The molecule has 10 heteroatoms. The van der Waals surface area contributed by atoms with E-state index in [1.165, 1.54) is 35.1 Å². The molecule has 0 aliphatic heterocycles. The number of hydrogen-bond donors (Lipinski definition) is 2. The van der Waals surface area contributed by atoms with E-state index in [1.807, 2.05) is 72.8 Å². The normalized spacial score (nSPS) is 11.6. The van der Waals surface area contributed by atoms with E-state index in [-0.39, 0.29) is 11.8 Å². The summed E-state index contributed by atoms with van der Waals surface area (Å²) < 4.78 is 1.88. The molecule has 0 saturated carbocycles. The molecule has 0 unspecified atom stereocenters. The van der Waals surface area contributed by atoms with Crippen LogP contribution in [0, 0.1) is 0 Å². The van der Waals surface area contributed by atoms with Gasteiger partial charge in [-0.3, -0.25) is 9.59 Å². The van der Waals surface area contributed by atoms with Crippen molar-refractivity contribution in [3.05, 3.63) is 104 Å². The predicted molar refractivity (Wildman–Crippen MR) is 150 cm³/mol. The Morgan fingerprint density at radius 3 is 1.42 bits per heavy atom. The Kier molecular flexibility index (Phi) is 7.11. The largest absolute Gasteiger partial charge is 0.283 e. The van der Waals surface area contributed by atoms with Crippen molar-refractivity contribution in [3.8, 4) is 0 Å². The maximum absolute atomic E-state index is 12.5. The molecular formula is C26H16Cl2N4O2S2. The predicted octanol–water partition coefficient (Wildman–Crippen LogP) is 6.95. The summed E-state index contributed by atoms with van der Waals surface area (Å²) in [6.07, 6.45) is 3.07. The number of nitrogens with one attached hydrogen (secondary N) is 2. The van der Waals surface area contributed by atoms with Gasteiger partial charge in [-0.25, -0.2) is 10.9 Å². The first-order chi connectivity index (χ1) is 17.5. The second-order valence-corrected chi connectivity index (χ2v) is 10.4. The van der Waals surface area contributed by atoms with E-state index in [1.54, 1.807) is 0 Å². The van der Waals surface area contributed by atoms with Crippen molar-refractivity contribution >= 4 is 90.3 Å². The molecule has 0 aliphatic carbocycles. The molecule has 0 aliphatic rings. The second kappa shape index (κ2) is 10.6. The third kappa shape index (κ3) is 5.03. The molecule has 0 saturated heterocycles. The highest BCUT2D eigenvalue weighted by Crippen LogP contribution is 2.35. The molecule has 0 bridgehead atoms. The molecule has 6 nitrogen and oxygen atoms in total. The topological polar surface area (TPSA) is 82.9 Å². The number of carbonyl (C=O) groups is 2. The Morgan fingerprint density at radius 2 is 1.03 bits per heavy atom. The van der Waals surface area contributed by atoms with Gasteiger partial charge in [-0.05, 0) is 23.3 Å². The lowest BCUT2D eigenvalue weighted by Gasteiger charge is -1.99. The van der Waals surface area contributed by atoms with Crippen molar-refractivity contribution < 1.29 is 9.59 Å². The summed E-state index contributed by atoms with van der Waals surface area (Å²) in [5.41, 5.74) is 6.57. The Bertz CT molecular complexity index is 1530. The number of hydrazone groups is 2. The Hall–Kier alpha value is -3.56. The number of benzene rings is 3. The minimum atomic E-state index is -0.365. The average molecular weight is 551 g/mol. The summed E-state index contributed by atoms with van der Waals surface area (Å²) in [6.45, 7) is 0. The van der Waals surface area contributed by atoms with Crippen LogP contribution in [0.25, 0.3) is 20.2 Å². The number of amides is 2. The monoisotopic (exact) mass is 550 g/mol. The molecule has 36 heavy (non-hydrogen) atoms. The van der Waals surface area contributed by atoms with E-state index in [0.29, 0.717) is 19.8 Å². The molecule has 0 fully saturated rings. The van der Waals surface area contributed by atoms with Gasteiger partial charge < -0.3 is 0 Å². The van der Waals surface area contributed by atoms with Crippen LogP contribution in [0.15, 0.2) is 83.0 Å². The Labute approximate surface area is 223 Å². The van der Waals surface area contributed by atoms with E-state index in [2.05, 4.69) is 21.1 Å². The van der Waals surface area contributed by atoms with Crippen LogP contribution in [0.1, 0.15) is 30.5 Å². The zero-order chi connectivity index (χ0) is 25.1. The van der Waals surface area contributed by atoms with Crippen LogP contribution in [0.3, 0.4) is 0 Å². The van der Waals surface area contributed by atoms with Gasteiger partial charge in [0, 0.05) is 20.2 Å². The highest BCUT2D eigenvalue weighted by atomic mass is 35.5. The van der Waals surface area contributed by atoms with Crippen LogP contribution in [0.5, 0.6) is 0 Å². The molecule has 0 atom stereocenters. The van der Waals surface area contributed by atoms with Crippen molar-refractivity contribution in [2.24, 2.45) is 10.2 Å². The minimum Gasteiger partial charge on any atom is -0.266 e. The van der Waals surface area contributed by atoms with Crippen molar-refractivity contribution in [1.82, 2.24) is 10.9 Å². The van der Waals surface area contributed by atoms with E-state index < -0.39 is 0 Å². The number of fused-ring (bicyclic) bond motifs is 2. The molecule has 0 radical (unpaired) electrons. The first kappa shape index (κ1) is 24.1. The van der Waals surface area contributed by atoms with E-state index in [0.717, 1.165) is 31.3 Å². The van der Waals surface area contributed by atoms with Crippen LogP contribution in [0.2, 0.25) is 10.0 Å². The Morgan fingerprint density at radius 1 is 0.639 bits per heavy atom. The lowest BCUT2D eigenvalue weighted by atomic mass is 10.2. The summed E-state index contributed by atoms with van der Waals surface area (Å²) in [5.74, 6) is -0.730. The highest BCUT2D eigenvalue weighted by molar-refractivity contribution is 7.22. The number of rotatable bonds is 6. The standard InChI is InChI=1S/C26H16Cl2N4O2S2/c27-21-17-5-1-3-7-19(17)35-23(21)25(33)31-29-13-15-9-11-16(12-10-15)14-30-32-26(34)24-22(28)18-6-2-4-8-20(18)36-24/h1-14H,(H,31,33)(H,32,34)/b29-13+,30-14+. The lowest BCUT2D eigenvalue weighted by molar-refractivity contribution is 0.0951. The highest BCUT2D eigenvalue weighted by Gasteiger charge is 2.17. The summed E-state index contributed by atoms with van der Waals surface area (Å²) in [5, 5.41) is 10.6. The van der Waals surface area contributed by atoms with Gasteiger partial charge in [0.15, 0.2) is 0 Å². The Balaban J connectivity index is 1.17. The zero-order valence-corrected chi connectivity index (χ0v) is 21.5. The third-order valence-corrected chi connectivity index (χ3v) is 8.53. The van der Waals surface area contributed by atoms with Gasteiger partial charge in [-0.15, -0.1) is 22.7 Å². The molecular weight excluding hydrogens is 535 g/mol. The number of carbonyl (C=O) groups excluding carboxylic acids is 2. The maximum atomic E-state index is 12.5. The molecule has 2 aromatic heterocycles. The van der Waals surface area contributed by atoms with Crippen molar-refractivity contribution in [1.29, 1.82) is 0 Å². The summed E-state index contributed by atoms with van der Waals surface area (Å²) >= 11 is 15.3. The molecule has 2 N–H and O–H groups in total. The quantitative estimate of drug-likeness (QED) is 0.177. The zero-order valence-electron chi connectivity index (χ0n) is 18.4. The number of nitrogens with zero attached hydrogens (tertiary/aromatic N) is 2. The fraction of sp³-hybridized carbons (Fsp3) is 0. The number of thiophene rings is 2. The molecule has 5 rings (SSSR count). The van der Waals surface area contributed by atoms with Gasteiger partial charge in [0.05, 0.1) is 22.5 Å². The molecule has 2 heterocycles. The summed E-state index contributed by atoms with van der Waals surface area (Å²) in [4.78, 5) is 25.8. The van der Waals surface area contributed by atoms with Crippen LogP contribution in [-0.2, 0) is 0 Å². The van der Waals surface area contributed by atoms with Gasteiger partial charge in [0.1, 0.15) is 9.75 Å². The van der Waals surface area contributed by atoms with E-state index >= 15 is 0 Å². The van der Waals surface area contributed by atoms with E-state index in [9.17, 15) is 9.59 Å². The number of hydrogen-bond acceptors (Lipinski definition) is 6. The first-order valence-electron chi connectivity index (χ1n) is 10.6. The molecule has 0 spiro atoms. The summed E-state index contributed by atoms with van der Waals surface area (Å²) in [7, 11) is 0. The maximum Gasteiger partial charge on any atom is 0.283 e. The fourth-order valence-corrected chi connectivity index (χ4v) is 6.23. The first-order valence-corrected chi connectivity index (χ1v) is 13.0. The second-order valence-electron chi connectivity index (χ2n) is 7.55. The molecule has 5 aromatic rings. The van der Waals surface area contributed by atoms with Crippen molar-refractivity contribution in [2.75, 3.05) is 0 Å².